The van der Waals surface area contributed by atoms with E-state index in [0.717, 1.165) is 0 Å². The van der Waals surface area contributed by atoms with E-state index in [1.165, 1.54) is 19.3 Å². The predicted octanol–water partition coefficient (Wildman–Crippen LogP) is 0.522. The van der Waals surface area contributed by atoms with Gasteiger partial charge in [0.05, 0.1) is 6.54 Å². The number of rotatable bonds is 2. The highest BCUT2D eigenvalue weighted by atomic mass is 16.2. The van der Waals surface area contributed by atoms with Crippen molar-refractivity contribution in [3.8, 4) is 0 Å². The summed E-state index contributed by atoms with van der Waals surface area (Å²) >= 11 is 0. The van der Waals surface area contributed by atoms with Crippen LogP contribution in [-0.4, -0.2) is 35.3 Å². The first-order valence-electron chi connectivity index (χ1n) is 5.69. The Labute approximate surface area is 90.0 Å². The van der Waals surface area contributed by atoms with E-state index < -0.39 is 0 Å². The molecule has 2 atom stereocenters. The van der Waals surface area contributed by atoms with Crippen LogP contribution in [0.4, 0.5) is 0 Å². The monoisotopic (exact) mass is 210 g/mol. The van der Waals surface area contributed by atoms with Crippen LogP contribution in [0.3, 0.4) is 0 Å². The van der Waals surface area contributed by atoms with Crippen LogP contribution >= 0.6 is 0 Å². The Morgan fingerprint density at radius 2 is 2.07 bits per heavy atom. The molecule has 1 N–H and O–H groups in total. The smallest absolute Gasteiger partial charge is 0.245 e. The van der Waals surface area contributed by atoms with E-state index in [1.807, 2.05) is 0 Å². The van der Waals surface area contributed by atoms with E-state index in [9.17, 15) is 9.59 Å². The highest BCUT2D eigenvalue weighted by molar-refractivity contribution is 5.94. The minimum atomic E-state index is -0.353. The van der Waals surface area contributed by atoms with Crippen molar-refractivity contribution < 1.29 is 9.59 Å². The maximum absolute atomic E-state index is 11.9. The zero-order valence-corrected chi connectivity index (χ0v) is 9.32. The number of hydrogen-bond donors (Lipinski definition) is 1. The van der Waals surface area contributed by atoms with Gasteiger partial charge in [-0.25, -0.2) is 0 Å². The first kappa shape index (κ1) is 10.5. The van der Waals surface area contributed by atoms with Gasteiger partial charge in [0.2, 0.25) is 11.8 Å². The van der Waals surface area contributed by atoms with Gasteiger partial charge in [-0.15, -0.1) is 0 Å². The van der Waals surface area contributed by atoms with Gasteiger partial charge in [-0.2, -0.15) is 0 Å². The maximum Gasteiger partial charge on any atom is 0.245 e. The molecule has 2 aliphatic rings. The van der Waals surface area contributed by atoms with Crippen LogP contribution in [0, 0.1) is 5.92 Å². The molecule has 15 heavy (non-hydrogen) atoms. The molecule has 1 aliphatic carbocycles. The van der Waals surface area contributed by atoms with Crippen LogP contribution in [0.15, 0.2) is 0 Å². The number of piperazine rings is 1. The van der Waals surface area contributed by atoms with Crippen molar-refractivity contribution >= 4 is 11.8 Å². The third kappa shape index (κ3) is 1.85. The molecule has 1 aliphatic heterocycles. The lowest BCUT2D eigenvalue weighted by atomic mass is 9.79. The number of hydrogen-bond acceptors (Lipinski definition) is 2. The molecular weight excluding hydrogens is 192 g/mol. The van der Waals surface area contributed by atoms with Crippen molar-refractivity contribution in [1.29, 1.82) is 0 Å². The Balaban J connectivity index is 2.05. The molecule has 0 bridgehead atoms. The average molecular weight is 210 g/mol. The maximum atomic E-state index is 11.9. The van der Waals surface area contributed by atoms with Crippen molar-refractivity contribution in [2.45, 2.75) is 45.2 Å². The van der Waals surface area contributed by atoms with Gasteiger partial charge in [0.1, 0.15) is 6.04 Å². The van der Waals surface area contributed by atoms with Crippen LogP contribution in [0.25, 0.3) is 0 Å². The molecule has 1 heterocycles. The highest BCUT2D eigenvalue weighted by Gasteiger charge is 2.37. The van der Waals surface area contributed by atoms with Gasteiger partial charge in [0, 0.05) is 6.04 Å². The standard InChI is InChI=1S/C11H18N2O2/c1-7-11(15)13(6-10(14)12-7)8(2)9-4-3-5-9/h7-9H,3-6H2,1-2H3,(H,12,14). The van der Waals surface area contributed by atoms with Crippen molar-refractivity contribution in [1.82, 2.24) is 10.2 Å². The molecule has 4 nitrogen and oxygen atoms in total. The van der Waals surface area contributed by atoms with Crippen molar-refractivity contribution in [3.63, 3.8) is 0 Å². The van der Waals surface area contributed by atoms with Crippen LogP contribution in [0.2, 0.25) is 0 Å². The molecule has 0 spiro atoms. The second kappa shape index (κ2) is 3.83. The Kier molecular flexibility index (Phi) is 2.67. The molecule has 2 rings (SSSR count). The first-order valence-corrected chi connectivity index (χ1v) is 5.69. The SMILES string of the molecule is CC1NC(=O)CN(C(C)C2CCC2)C1=O. The lowest BCUT2D eigenvalue weighted by Gasteiger charge is -2.42. The van der Waals surface area contributed by atoms with Crippen molar-refractivity contribution in [3.05, 3.63) is 0 Å². The highest BCUT2D eigenvalue weighted by Crippen LogP contribution is 2.32. The molecular formula is C11H18N2O2. The first-order chi connectivity index (χ1) is 7.09. The summed E-state index contributed by atoms with van der Waals surface area (Å²) in [5, 5.41) is 2.66. The second-order valence-corrected chi connectivity index (χ2v) is 4.69. The summed E-state index contributed by atoms with van der Waals surface area (Å²) < 4.78 is 0. The Morgan fingerprint density at radius 3 is 2.60 bits per heavy atom. The molecule has 84 valence electrons. The number of nitrogens with zero attached hydrogens (tertiary/aromatic N) is 1. The molecule has 0 radical (unpaired) electrons. The van der Waals surface area contributed by atoms with E-state index >= 15 is 0 Å². The molecule has 2 unspecified atom stereocenters. The van der Waals surface area contributed by atoms with Gasteiger partial charge in [-0.05, 0) is 32.6 Å². The third-order valence-electron chi connectivity index (χ3n) is 3.67. The molecule has 1 saturated carbocycles. The number of carbonyl (C=O) groups is 2. The molecule has 0 aromatic heterocycles. The summed E-state index contributed by atoms with van der Waals surface area (Å²) in [5.74, 6) is 0.634. The average Bonchev–Trinajstić information content (AvgIpc) is 2.08. The molecule has 0 aromatic carbocycles. The summed E-state index contributed by atoms with van der Waals surface area (Å²) in [4.78, 5) is 25.0. The van der Waals surface area contributed by atoms with Gasteiger partial charge < -0.3 is 10.2 Å². The summed E-state index contributed by atoms with van der Waals surface area (Å²) in [7, 11) is 0. The topological polar surface area (TPSA) is 49.4 Å². The Bertz CT molecular complexity index is 286. The summed E-state index contributed by atoms with van der Waals surface area (Å²) in [5.41, 5.74) is 0. The van der Waals surface area contributed by atoms with E-state index in [0.29, 0.717) is 5.92 Å². The van der Waals surface area contributed by atoms with Gasteiger partial charge >= 0.3 is 0 Å². The largest absolute Gasteiger partial charge is 0.343 e. The summed E-state index contributed by atoms with van der Waals surface area (Å²) in [6.07, 6.45) is 3.65. The van der Waals surface area contributed by atoms with E-state index in [2.05, 4.69) is 12.2 Å². The lowest BCUT2D eigenvalue weighted by Crippen LogP contribution is -2.60. The Morgan fingerprint density at radius 1 is 1.40 bits per heavy atom. The lowest BCUT2D eigenvalue weighted by molar-refractivity contribution is -0.147. The van der Waals surface area contributed by atoms with Gasteiger partial charge in [0.25, 0.3) is 0 Å². The zero-order valence-electron chi connectivity index (χ0n) is 9.32. The van der Waals surface area contributed by atoms with E-state index in [4.69, 9.17) is 0 Å². The molecule has 1 saturated heterocycles. The van der Waals surface area contributed by atoms with Crippen LogP contribution in [0.5, 0.6) is 0 Å². The molecule has 2 amide bonds. The Hall–Kier alpha value is -1.06. The van der Waals surface area contributed by atoms with Gasteiger partial charge in [0.15, 0.2) is 0 Å². The van der Waals surface area contributed by atoms with Gasteiger partial charge in [-0.1, -0.05) is 6.42 Å². The van der Waals surface area contributed by atoms with Crippen molar-refractivity contribution in [2.24, 2.45) is 5.92 Å². The van der Waals surface area contributed by atoms with Crippen LogP contribution < -0.4 is 5.32 Å². The van der Waals surface area contributed by atoms with Crippen LogP contribution in [-0.2, 0) is 9.59 Å². The summed E-state index contributed by atoms with van der Waals surface area (Å²) in [6, 6.07) is -0.131. The third-order valence-corrected chi connectivity index (χ3v) is 3.67. The fourth-order valence-electron chi connectivity index (χ4n) is 2.35. The molecule has 4 heteroatoms. The molecule has 0 aromatic rings. The fraction of sp³-hybridized carbons (Fsp3) is 0.818. The second-order valence-electron chi connectivity index (χ2n) is 4.69. The predicted molar refractivity (Wildman–Crippen MR) is 56.1 cm³/mol. The van der Waals surface area contributed by atoms with Crippen molar-refractivity contribution in [2.75, 3.05) is 6.54 Å². The minimum absolute atomic E-state index is 0.0340. The van der Waals surface area contributed by atoms with Gasteiger partial charge in [-0.3, -0.25) is 9.59 Å². The number of carbonyl (C=O) groups excluding carboxylic acids is 2. The molecule has 2 fully saturated rings. The number of nitrogens with one attached hydrogen (secondary N) is 1. The normalized spacial score (nSPS) is 29.7. The van der Waals surface area contributed by atoms with E-state index in [1.54, 1.807) is 11.8 Å². The van der Waals surface area contributed by atoms with E-state index in [-0.39, 0.29) is 30.4 Å². The zero-order chi connectivity index (χ0) is 11.0. The summed E-state index contributed by atoms with van der Waals surface area (Å²) in [6.45, 7) is 4.05. The minimum Gasteiger partial charge on any atom is -0.343 e. The fourth-order valence-corrected chi connectivity index (χ4v) is 2.35. The number of amides is 2. The quantitative estimate of drug-likeness (QED) is 0.722. The van der Waals surface area contributed by atoms with Crippen LogP contribution in [0.1, 0.15) is 33.1 Å².